The summed E-state index contributed by atoms with van der Waals surface area (Å²) in [7, 11) is 0. The second-order valence-electron chi connectivity index (χ2n) is 18.7. The van der Waals surface area contributed by atoms with Crippen molar-refractivity contribution in [3.63, 3.8) is 0 Å². The average Bonchev–Trinajstić information content (AvgIpc) is 3.34. The maximum Gasteiger partial charge on any atom is 0.306 e. The van der Waals surface area contributed by atoms with Crippen LogP contribution < -0.4 is 5.32 Å². The van der Waals surface area contributed by atoms with Crippen molar-refractivity contribution in [2.45, 2.75) is 256 Å². The van der Waals surface area contributed by atoms with Crippen molar-refractivity contribution < 1.29 is 49.3 Å². The fourth-order valence-electron chi connectivity index (χ4n) is 8.02. The van der Waals surface area contributed by atoms with Gasteiger partial charge in [-0.2, -0.15) is 0 Å². The molecule has 1 saturated heterocycles. The molecular formula is C58H99NO10. The predicted molar refractivity (Wildman–Crippen MR) is 282 cm³/mol. The van der Waals surface area contributed by atoms with Gasteiger partial charge in [0.1, 0.15) is 24.4 Å². The number of esters is 1. The van der Waals surface area contributed by atoms with Crippen molar-refractivity contribution in [2.24, 2.45) is 0 Å². The van der Waals surface area contributed by atoms with E-state index in [4.69, 9.17) is 14.2 Å². The lowest BCUT2D eigenvalue weighted by Gasteiger charge is -2.41. The Kier molecular flexibility index (Phi) is 42.5. The Hall–Kier alpha value is -3.16. The number of nitrogens with one attached hydrogen (secondary N) is 1. The summed E-state index contributed by atoms with van der Waals surface area (Å²) in [5.74, 6) is -1.25. The zero-order chi connectivity index (χ0) is 50.4. The van der Waals surface area contributed by atoms with Crippen molar-refractivity contribution in [3.8, 4) is 0 Å². The van der Waals surface area contributed by atoms with Crippen LogP contribution in [-0.2, 0) is 23.8 Å². The quantitative estimate of drug-likeness (QED) is 0.0149. The third-order valence-corrected chi connectivity index (χ3v) is 12.4. The third-order valence-electron chi connectivity index (χ3n) is 12.4. The van der Waals surface area contributed by atoms with Crippen molar-refractivity contribution in [1.29, 1.82) is 0 Å². The zero-order valence-corrected chi connectivity index (χ0v) is 43.4. The average molecular weight is 970 g/mol. The molecule has 11 nitrogen and oxygen atoms in total. The molecule has 11 heteroatoms. The summed E-state index contributed by atoms with van der Waals surface area (Å²) in [6.07, 6.45) is 47.7. The molecule has 8 unspecified atom stereocenters. The Morgan fingerprint density at radius 3 is 1.62 bits per heavy atom. The van der Waals surface area contributed by atoms with Gasteiger partial charge in [0.05, 0.1) is 25.4 Å². The molecule has 0 radical (unpaired) electrons. The van der Waals surface area contributed by atoms with E-state index in [1.807, 2.05) is 54.7 Å². The van der Waals surface area contributed by atoms with Gasteiger partial charge in [-0.25, -0.2) is 0 Å². The van der Waals surface area contributed by atoms with E-state index in [1.165, 1.54) is 70.6 Å². The van der Waals surface area contributed by atoms with E-state index >= 15 is 0 Å². The van der Waals surface area contributed by atoms with Gasteiger partial charge in [-0.05, 0) is 70.6 Å². The van der Waals surface area contributed by atoms with Crippen LogP contribution in [0.4, 0.5) is 0 Å². The molecule has 0 saturated carbocycles. The Balaban J connectivity index is 2.79. The second-order valence-corrected chi connectivity index (χ2v) is 18.7. The molecule has 8 atom stereocenters. The smallest absolute Gasteiger partial charge is 0.306 e. The molecule has 1 heterocycles. The summed E-state index contributed by atoms with van der Waals surface area (Å²) in [6.45, 7) is 5.56. The zero-order valence-electron chi connectivity index (χ0n) is 43.4. The number of carbonyl (C=O) groups is 2. The number of rotatable bonds is 44. The molecule has 0 aromatic heterocycles. The lowest BCUT2D eigenvalue weighted by Crippen LogP contribution is -2.61. The van der Waals surface area contributed by atoms with Gasteiger partial charge in [-0.1, -0.05) is 215 Å². The Bertz CT molecular complexity index is 1440. The van der Waals surface area contributed by atoms with Crippen molar-refractivity contribution in [3.05, 3.63) is 85.1 Å². The predicted octanol–water partition coefficient (Wildman–Crippen LogP) is 11.8. The summed E-state index contributed by atoms with van der Waals surface area (Å²) >= 11 is 0. The molecule has 0 aliphatic carbocycles. The van der Waals surface area contributed by atoms with Crippen LogP contribution in [0.1, 0.15) is 207 Å². The monoisotopic (exact) mass is 970 g/mol. The van der Waals surface area contributed by atoms with Crippen LogP contribution in [0.3, 0.4) is 0 Å². The highest BCUT2D eigenvalue weighted by Gasteiger charge is 2.47. The van der Waals surface area contributed by atoms with Crippen molar-refractivity contribution in [2.75, 3.05) is 13.2 Å². The molecule has 1 fully saturated rings. The first-order valence-electron chi connectivity index (χ1n) is 27.4. The lowest BCUT2D eigenvalue weighted by molar-refractivity contribution is -0.305. The van der Waals surface area contributed by atoms with Gasteiger partial charge in [0, 0.05) is 6.42 Å². The fraction of sp³-hybridized carbons (Fsp3) is 0.724. The minimum Gasteiger partial charge on any atom is -0.454 e. The summed E-state index contributed by atoms with van der Waals surface area (Å²) in [5.41, 5.74) is 0. The van der Waals surface area contributed by atoms with Gasteiger partial charge >= 0.3 is 5.97 Å². The van der Waals surface area contributed by atoms with Gasteiger partial charge in [-0.15, -0.1) is 0 Å². The molecule has 0 bridgehead atoms. The molecule has 0 aromatic carbocycles. The summed E-state index contributed by atoms with van der Waals surface area (Å²) in [6, 6.07) is -1.04. The van der Waals surface area contributed by atoms with E-state index in [2.05, 4.69) is 50.4 Å². The van der Waals surface area contributed by atoms with E-state index in [1.54, 1.807) is 6.08 Å². The molecule has 1 aliphatic heterocycles. The molecule has 69 heavy (non-hydrogen) atoms. The van der Waals surface area contributed by atoms with E-state index in [0.717, 1.165) is 89.9 Å². The first kappa shape index (κ1) is 63.9. The first-order chi connectivity index (χ1) is 33.7. The molecule has 0 aromatic rings. The third kappa shape index (κ3) is 34.7. The summed E-state index contributed by atoms with van der Waals surface area (Å²) < 4.78 is 17.5. The van der Waals surface area contributed by atoms with Crippen LogP contribution in [-0.4, -0.2) is 99.6 Å². The molecule has 1 aliphatic rings. The van der Waals surface area contributed by atoms with Gasteiger partial charge in [0.2, 0.25) is 5.91 Å². The lowest BCUT2D eigenvalue weighted by atomic mass is 9.99. The maximum absolute atomic E-state index is 13.3. The van der Waals surface area contributed by atoms with E-state index < -0.39 is 67.4 Å². The van der Waals surface area contributed by atoms with Crippen molar-refractivity contribution >= 4 is 11.9 Å². The van der Waals surface area contributed by atoms with Crippen LogP contribution in [0, 0.1) is 0 Å². The molecule has 0 spiro atoms. The second kappa shape index (κ2) is 45.9. The topological polar surface area (TPSA) is 175 Å². The highest BCUT2D eigenvalue weighted by atomic mass is 16.7. The van der Waals surface area contributed by atoms with Crippen LogP contribution in [0.15, 0.2) is 85.1 Å². The fourth-order valence-corrected chi connectivity index (χ4v) is 8.02. The van der Waals surface area contributed by atoms with Gasteiger partial charge < -0.3 is 45.1 Å². The number of allylic oxidation sites excluding steroid dienone is 13. The molecule has 6 N–H and O–H groups in total. The van der Waals surface area contributed by atoms with E-state index in [-0.39, 0.29) is 19.4 Å². The van der Waals surface area contributed by atoms with Crippen LogP contribution in [0.25, 0.3) is 0 Å². The Labute approximate surface area is 419 Å². The molecular weight excluding hydrogens is 871 g/mol. The molecule has 396 valence electrons. The Morgan fingerprint density at radius 2 is 1.06 bits per heavy atom. The standard InChI is InChI=1S/C58H99NO10/c1-4-7-10-13-16-19-22-24-26-28-31-34-37-40-43-46-53(63)69-56-55(65)54(64)52(47-60)68-58(56)67-48-49(50(61)44-41-38-35-32-29-21-18-15-12-9-6-3)59-57(66)51(62)45-42-39-36-33-30-27-25-23-20-17-14-11-8-5-2/h7,10,13,16,19-20,22-24,26,28,31,41,44,49-52,54-56,58,60-62,64-65H,4-6,8-9,11-12,14-15,17-18,21,25,27,29-30,32-40,42-43,45-48H2,1-3H3,(H,59,66)/b10-7+,16-13+,22-19-,23-20-,26-24-,31-28+,44-41+. The highest BCUT2D eigenvalue weighted by Crippen LogP contribution is 2.26. The van der Waals surface area contributed by atoms with E-state index in [0.29, 0.717) is 12.8 Å². The van der Waals surface area contributed by atoms with Gasteiger partial charge in [0.15, 0.2) is 12.4 Å². The van der Waals surface area contributed by atoms with E-state index in [9.17, 15) is 35.1 Å². The van der Waals surface area contributed by atoms with Crippen LogP contribution in [0.5, 0.6) is 0 Å². The normalized spacial score (nSPS) is 20.5. The minimum absolute atomic E-state index is 0.0702. The summed E-state index contributed by atoms with van der Waals surface area (Å²) in [5, 5.41) is 56.7. The van der Waals surface area contributed by atoms with Crippen LogP contribution >= 0.6 is 0 Å². The number of hydrogen-bond donors (Lipinski definition) is 6. The largest absolute Gasteiger partial charge is 0.454 e. The molecule has 1 amide bonds. The minimum atomic E-state index is -1.63. The number of hydrogen-bond acceptors (Lipinski definition) is 10. The number of carbonyl (C=O) groups excluding carboxylic acids is 2. The number of amides is 1. The SMILES string of the molecule is CC/C=C/C=C/C=C\C=C/C=C/CCCCCC(=O)OC1C(OCC(NC(=O)C(O)CCCCCCCC/C=C\CCCCCC)C(O)/C=C/CCCCCCCCCCC)OC(CO)C(O)C1O. The van der Waals surface area contributed by atoms with Crippen molar-refractivity contribution in [1.82, 2.24) is 5.32 Å². The number of aliphatic hydroxyl groups is 5. The first-order valence-corrected chi connectivity index (χ1v) is 27.4. The number of aliphatic hydroxyl groups excluding tert-OH is 5. The van der Waals surface area contributed by atoms with Gasteiger partial charge in [-0.3, -0.25) is 9.59 Å². The van der Waals surface area contributed by atoms with Gasteiger partial charge in [0.25, 0.3) is 0 Å². The van der Waals surface area contributed by atoms with Crippen LogP contribution in [0.2, 0.25) is 0 Å². The maximum atomic E-state index is 13.3. The highest BCUT2D eigenvalue weighted by molar-refractivity contribution is 5.80. The number of ether oxygens (including phenoxy) is 3. The summed E-state index contributed by atoms with van der Waals surface area (Å²) in [4.78, 5) is 26.4. The molecule has 1 rings (SSSR count). The Morgan fingerprint density at radius 1 is 0.580 bits per heavy atom. The number of unbranched alkanes of at least 4 members (excludes halogenated alkanes) is 22.